The summed E-state index contributed by atoms with van der Waals surface area (Å²) in [6.07, 6.45) is -14.9. The lowest BCUT2D eigenvalue weighted by atomic mass is 9.97. The molecule has 0 aromatic heterocycles. The monoisotopic (exact) mass is 364 g/mol. The molecule has 0 saturated heterocycles. The minimum absolute atomic E-state index is 0.216. The van der Waals surface area contributed by atoms with E-state index in [-0.39, 0.29) is 10.9 Å². The fourth-order valence-electron chi connectivity index (χ4n) is 1.55. The van der Waals surface area contributed by atoms with E-state index in [4.69, 9.17) is 0 Å². The topological polar surface area (TPSA) is 9.23 Å². The van der Waals surface area contributed by atoms with Gasteiger partial charge in [0, 0.05) is 5.33 Å². The molecule has 1 rings (SSSR count). The molecule has 1 aromatic carbocycles. The van der Waals surface area contributed by atoms with Gasteiger partial charge in [-0.1, -0.05) is 46.3 Å². The highest BCUT2D eigenvalue weighted by Gasteiger charge is 2.60. The maximum Gasteiger partial charge on any atom is 0.423 e. The second kappa shape index (κ2) is 5.93. The first-order valence-electron chi connectivity index (χ1n) is 5.43. The van der Waals surface area contributed by atoms with Gasteiger partial charge < -0.3 is 4.74 Å². The summed E-state index contributed by atoms with van der Waals surface area (Å²) in [4.78, 5) is 0. The van der Waals surface area contributed by atoms with Gasteiger partial charge in [0.15, 0.2) is 0 Å². The summed E-state index contributed by atoms with van der Waals surface area (Å²) in [7, 11) is 0. The van der Waals surface area contributed by atoms with E-state index in [0.717, 1.165) is 0 Å². The van der Waals surface area contributed by atoms with Crippen LogP contribution in [0.4, 0.5) is 26.3 Å². The maximum absolute atomic E-state index is 12.5. The Bertz CT molecular complexity index is 416. The number of hydrogen-bond donors (Lipinski definition) is 0. The van der Waals surface area contributed by atoms with Gasteiger partial charge >= 0.3 is 12.4 Å². The maximum atomic E-state index is 12.5. The molecule has 114 valence electrons. The van der Waals surface area contributed by atoms with E-state index in [1.807, 2.05) is 0 Å². The fraction of sp³-hybridized carbons (Fsp3) is 0.500. The van der Waals surface area contributed by atoms with Gasteiger partial charge in [-0.2, -0.15) is 26.3 Å². The van der Waals surface area contributed by atoms with E-state index in [1.165, 1.54) is 31.2 Å². The minimum atomic E-state index is -5.53. The standard InChI is InChI=1S/C12H11BrF6O/c1-10(7-13,8-5-3-2-4-6-8)20-9(11(14,15)16)12(17,18)19/h2-6,9H,7H2,1H3. The molecule has 1 atom stereocenters. The first-order valence-corrected chi connectivity index (χ1v) is 6.55. The van der Waals surface area contributed by atoms with Gasteiger partial charge in [0.05, 0.1) is 0 Å². The van der Waals surface area contributed by atoms with E-state index >= 15 is 0 Å². The van der Waals surface area contributed by atoms with Crippen LogP contribution in [0.5, 0.6) is 0 Å². The van der Waals surface area contributed by atoms with E-state index < -0.39 is 24.1 Å². The van der Waals surface area contributed by atoms with Crippen LogP contribution in [-0.4, -0.2) is 23.8 Å². The molecule has 0 aliphatic rings. The van der Waals surface area contributed by atoms with Crippen molar-refractivity contribution in [1.29, 1.82) is 0 Å². The Morgan fingerprint density at radius 3 is 1.80 bits per heavy atom. The smallest absolute Gasteiger partial charge is 0.349 e. The van der Waals surface area contributed by atoms with Gasteiger partial charge in [-0.05, 0) is 12.5 Å². The molecule has 1 aromatic rings. The average molecular weight is 365 g/mol. The van der Waals surface area contributed by atoms with Gasteiger partial charge in [0.25, 0.3) is 0 Å². The van der Waals surface area contributed by atoms with Crippen molar-refractivity contribution in [3.05, 3.63) is 35.9 Å². The lowest BCUT2D eigenvalue weighted by Crippen LogP contribution is -2.49. The quantitative estimate of drug-likeness (QED) is 0.550. The Labute approximate surface area is 120 Å². The second-order valence-corrected chi connectivity index (χ2v) is 4.87. The molecule has 20 heavy (non-hydrogen) atoms. The average Bonchev–Trinajstić information content (AvgIpc) is 2.34. The number of alkyl halides is 7. The Balaban J connectivity index is 3.13. The number of benzene rings is 1. The highest BCUT2D eigenvalue weighted by molar-refractivity contribution is 9.09. The van der Waals surface area contributed by atoms with E-state index in [2.05, 4.69) is 20.7 Å². The predicted octanol–water partition coefficient (Wildman–Crippen LogP) is 4.81. The third-order valence-electron chi connectivity index (χ3n) is 2.61. The largest absolute Gasteiger partial charge is 0.423 e. The molecule has 0 aliphatic carbocycles. The lowest BCUT2D eigenvalue weighted by Gasteiger charge is -2.34. The highest BCUT2D eigenvalue weighted by Crippen LogP contribution is 2.41. The van der Waals surface area contributed by atoms with Crippen molar-refractivity contribution in [3.8, 4) is 0 Å². The van der Waals surface area contributed by atoms with Crippen molar-refractivity contribution >= 4 is 15.9 Å². The zero-order valence-corrected chi connectivity index (χ0v) is 11.8. The molecule has 0 bridgehead atoms. The van der Waals surface area contributed by atoms with Gasteiger partial charge in [-0.3, -0.25) is 0 Å². The van der Waals surface area contributed by atoms with Crippen LogP contribution in [0.1, 0.15) is 12.5 Å². The normalized spacial score (nSPS) is 16.2. The van der Waals surface area contributed by atoms with E-state index in [1.54, 1.807) is 6.07 Å². The summed E-state index contributed by atoms with van der Waals surface area (Å²) in [5.41, 5.74) is -1.54. The predicted molar refractivity (Wildman–Crippen MR) is 64.6 cm³/mol. The molecule has 0 radical (unpaired) electrons. The zero-order chi connectivity index (χ0) is 15.6. The zero-order valence-electron chi connectivity index (χ0n) is 10.2. The van der Waals surface area contributed by atoms with Crippen LogP contribution in [0.25, 0.3) is 0 Å². The number of hydrogen-bond acceptors (Lipinski definition) is 1. The molecule has 8 heteroatoms. The summed E-state index contributed by atoms with van der Waals surface area (Å²) in [6, 6.07) is 7.44. The molecule has 1 nitrogen and oxygen atoms in total. The highest BCUT2D eigenvalue weighted by atomic mass is 79.9. The third kappa shape index (κ3) is 4.12. The van der Waals surface area contributed by atoms with Crippen molar-refractivity contribution < 1.29 is 31.1 Å². The SMILES string of the molecule is CC(CBr)(OC(C(F)(F)F)C(F)(F)F)c1ccccc1. The van der Waals surface area contributed by atoms with Gasteiger partial charge in [-0.15, -0.1) is 0 Å². The molecule has 0 aliphatic heterocycles. The van der Waals surface area contributed by atoms with E-state index in [9.17, 15) is 26.3 Å². The molecule has 0 fully saturated rings. The molecular weight excluding hydrogens is 354 g/mol. The van der Waals surface area contributed by atoms with Crippen LogP contribution in [-0.2, 0) is 10.3 Å². The molecule has 0 amide bonds. The van der Waals surface area contributed by atoms with Crippen LogP contribution in [0.2, 0.25) is 0 Å². The Kier molecular flexibility index (Phi) is 5.13. The molecule has 0 saturated carbocycles. The van der Waals surface area contributed by atoms with Crippen LogP contribution in [0.3, 0.4) is 0 Å². The minimum Gasteiger partial charge on any atom is -0.349 e. The first-order chi connectivity index (χ1) is 9.00. The van der Waals surface area contributed by atoms with Crippen LogP contribution in [0.15, 0.2) is 30.3 Å². The van der Waals surface area contributed by atoms with Crippen molar-refractivity contribution in [2.24, 2.45) is 0 Å². The van der Waals surface area contributed by atoms with Gasteiger partial charge in [-0.25, -0.2) is 0 Å². The van der Waals surface area contributed by atoms with Crippen molar-refractivity contribution in [2.75, 3.05) is 5.33 Å². The summed E-state index contributed by atoms with van der Waals surface area (Å²) in [6.45, 7) is 1.17. The number of halogens is 7. The van der Waals surface area contributed by atoms with Crippen molar-refractivity contribution in [2.45, 2.75) is 31.0 Å². The summed E-state index contributed by atoms with van der Waals surface area (Å²) >= 11 is 2.91. The van der Waals surface area contributed by atoms with Crippen LogP contribution >= 0.6 is 15.9 Å². The second-order valence-electron chi connectivity index (χ2n) is 4.31. The molecule has 0 heterocycles. The Hall–Kier alpha value is -0.760. The first kappa shape index (κ1) is 17.3. The third-order valence-corrected chi connectivity index (χ3v) is 3.68. The van der Waals surface area contributed by atoms with Gasteiger partial charge in [0.1, 0.15) is 5.60 Å². The summed E-state index contributed by atoms with van der Waals surface area (Å²) in [5.74, 6) is 0. The van der Waals surface area contributed by atoms with Crippen LogP contribution in [0, 0.1) is 0 Å². The molecule has 0 spiro atoms. The van der Waals surface area contributed by atoms with Crippen molar-refractivity contribution in [3.63, 3.8) is 0 Å². The molecular formula is C12H11BrF6O. The summed E-state index contributed by atoms with van der Waals surface area (Å²) < 4.78 is 79.6. The molecule has 0 N–H and O–H groups in total. The Morgan fingerprint density at radius 1 is 1.00 bits per heavy atom. The number of rotatable bonds is 4. The molecule has 1 unspecified atom stereocenters. The number of ether oxygens (including phenoxy) is 1. The van der Waals surface area contributed by atoms with Crippen LogP contribution < -0.4 is 0 Å². The lowest BCUT2D eigenvalue weighted by molar-refractivity contribution is -0.342. The van der Waals surface area contributed by atoms with E-state index in [0.29, 0.717) is 0 Å². The van der Waals surface area contributed by atoms with Crippen molar-refractivity contribution in [1.82, 2.24) is 0 Å². The summed E-state index contributed by atoms with van der Waals surface area (Å²) in [5, 5.41) is -0.216. The van der Waals surface area contributed by atoms with Gasteiger partial charge in [0.2, 0.25) is 6.10 Å². The Morgan fingerprint density at radius 2 is 1.45 bits per heavy atom. The fourth-order valence-corrected chi connectivity index (χ4v) is 2.00.